The molecule has 14 heavy (non-hydrogen) atoms. The van der Waals surface area contributed by atoms with Crippen LogP contribution in [0.25, 0.3) is 0 Å². The van der Waals surface area contributed by atoms with E-state index >= 15 is 0 Å². The van der Waals surface area contributed by atoms with Gasteiger partial charge >= 0.3 is 11.9 Å². The van der Waals surface area contributed by atoms with Crippen molar-refractivity contribution in [1.29, 1.82) is 0 Å². The van der Waals surface area contributed by atoms with Crippen molar-refractivity contribution in [3.05, 3.63) is 0 Å². The largest absolute Gasteiger partial charge is 0.465 e. The Labute approximate surface area is 82.5 Å². The zero-order valence-electron chi connectivity index (χ0n) is 8.41. The van der Waals surface area contributed by atoms with E-state index in [0.29, 0.717) is 19.4 Å². The molecule has 5 nitrogen and oxygen atoms in total. The highest BCUT2D eigenvalue weighted by atomic mass is 16.6. The van der Waals surface area contributed by atoms with Crippen molar-refractivity contribution in [2.45, 2.75) is 38.3 Å². The third-order valence-electron chi connectivity index (χ3n) is 2.20. The second kappa shape index (κ2) is 3.96. The Morgan fingerprint density at radius 1 is 1.50 bits per heavy atom. The van der Waals surface area contributed by atoms with Gasteiger partial charge < -0.3 is 15.2 Å². The normalized spacial score (nSPS) is 30.4. The van der Waals surface area contributed by atoms with Gasteiger partial charge in [-0.1, -0.05) is 0 Å². The van der Waals surface area contributed by atoms with E-state index in [4.69, 9.17) is 15.2 Å². The van der Waals surface area contributed by atoms with Crippen molar-refractivity contribution in [2.24, 2.45) is 5.73 Å². The predicted molar refractivity (Wildman–Crippen MR) is 48.3 cm³/mol. The van der Waals surface area contributed by atoms with Crippen molar-refractivity contribution in [2.75, 3.05) is 6.61 Å². The molecule has 2 N–H and O–H groups in total. The van der Waals surface area contributed by atoms with Crippen molar-refractivity contribution in [3.63, 3.8) is 0 Å². The van der Waals surface area contributed by atoms with E-state index in [1.54, 1.807) is 6.92 Å². The highest BCUT2D eigenvalue weighted by Crippen LogP contribution is 2.33. The number of carbonyl (C=O) groups excluding carboxylic acids is 2. The smallest absolute Gasteiger partial charge is 0.326 e. The Balaban J connectivity index is 2.36. The summed E-state index contributed by atoms with van der Waals surface area (Å²) >= 11 is 0. The number of hydrogen-bond donors (Lipinski definition) is 1. The topological polar surface area (TPSA) is 78.6 Å². The van der Waals surface area contributed by atoms with Gasteiger partial charge in [0.25, 0.3) is 0 Å². The molecule has 0 aromatic carbocycles. The Kier molecular flexibility index (Phi) is 3.10. The molecule has 0 heterocycles. The number of carbonyl (C=O) groups is 2. The van der Waals surface area contributed by atoms with Crippen LogP contribution in [0.4, 0.5) is 0 Å². The molecule has 5 heteroatoms. The summed E-state index contributed by atoms with van der Waals surface area (Å²) in [6.45, 7) is 3.38. The molecule has 0 radical (unpaired) electrons. The van der Waals surface area contributed by atoms with Crippen LogP contribution in [0.15, 0.2) is 0 Å². The van der Waals surface area contributed by atoms with Crippen LogP contribution in [0.3, 0.4) is 0 Å². The summed E-state index contributed by atoms with van der Waals surface area (Å²) in [7, 11) is 0. The fraction of sp³-hybridized carbons (Fsp3) is 0.778. The number of hydrogen-bond acceptors (Lipinski definition) is 5. The average Bonchev–Trinajstić information content (AvgIpc) is 2.00. The lowest BCUT2D eigenvalue weighted by Gasteiger charge is -2.41. The summed E-state index contributed by atoms with van der Waals surface area (Å²) in [5.41, 5.74) is 4.78. The molecule has 0 aromatic heterocycles. The molecule has 80 valence electrons. The van der Waals surface area contributed by atoms with Crippen molar-refractivity contribution in [1.82, 2.24) is 0 Å². The minimum absolute atomic E-state index is 0.234. The van der Waals surface area contributed by atoms with E-state index in [2.05, 4.69) is 0 Å². The quantitative estimate of drug-likeness (QED) is 0.649. The molecule has 1 aliphatic rings. The Bertz CT molecular complexity index is 245. The van der Waals surface area contributed by atoms with E-state index in [9.17, 15) is 9.59 Å². The van der Waals surface area contributed by atoms with Gasteiger partial charge in [-0.05, 0) is 6.92 Å². The van der Waals surface area contributed by atoms with Crippen LogP contribution in [0.5, 0.6) is 0 Å². The molecule has 0 atom stereocenters. The maximum Gasteiger partial charge on any atom is 0.326 e. The molecule has 0 saturated heterocycles. The van der Waals surface area contributed by atoms with Gasteiger partial charge in [0.1, 0.15) is 11.6 Å². The Morgan fingerprint density at radius 2 is 2.07 bits per heavy atom. The predicted octanol–water partition coefficient (Wildman–Crippen LogP) is -0.0275. The van der Waals surface area contributed by atoms with Crippen LogP contribution in [0.2, 0.25) is 0 Å². The summed E-state index contributed by atoms with van der Waals surface area (Å²) < 4.78 is 9.68. The van der Waals surface area contributed by atoms with Crippen molar-refractivity contribution < 1.29 is 19.1 Å². The number of rotatable bonds is 3. The lowest BCUT2D eigenvalue weighted by molar-refractivity contribution is -0.168. The highest BCUT2D eigenvalue weighted by molar-refractivity contribution is 5.82. The monoisotopic (exact) mass is 201 g/mol. The van der Waals surface area contributed by atoms with Crippen LogP contribution >= 0.6 is 0 Å². The zero-order valence-corrected chi connectivity index (χ0v) is 8.41. The summed E-state index contributed by atoms with van der Waals surface area (Å²) in [4.78, 5) is 21.9. The second-order valence-electron chi connectivity index (χ2n) is 3.52. The van der Waals surface area contributed by atoms with Gasteiger partial charge in [-0.25, -0.2) is 0 Å². The van der Waals surface area contributed by atoms with Gasteiger partial charge in [0.05, 0.1) is 6.61 Å². The second-order valence-corrected chi connectivity index (χ2v) is 3.52. The molecule has 0 unspecified atom stereocenters. The SMILES string of the molecule is CCOC(=O)C1(N)CC(OC(C)=O)C1. The molecule has 1 rings (SSSR count). The first-order chi connectivity index (χ1) is 6.48. The van der Waals surface area contributed by atoms with Gasteiger partial charge in [-0.3, -0.25) is 9.59 Å². The fourth-order valence-electron chi connectivity index (χ4n) is 1.51. The van der Waals surface area contributed by atoms with Gasteiger partial charge in [0.15, 0.2) is 0 Å². The highest BCUT2D eigenvalue weighted by Gasteiger charge is 2.50. The van der Waals surface area contributed by atoms with Crippen LogP contribution in [-0.2, 0) is 19.1 Å². The van der Waals surface area contributed by atoms with Crippen LogP contribution in [-0.4, -0.2) is 30.2 Å². The van der Waals surface area contributed by atoms with E-state index < -0.39 is 11.5 Å². The first-order valence-electron chi connectivity index (χ1n) is 4.61. The zero-order chi connectivity index (χ0) is 10.8. The maximum atomic E-state index is 11.3. The first-order valence-corrected chi connectivity index (χ1v) is 4.61. The van der Waals surface area contributed by atoms with Crippen LogP contribution < -0.4 is 5.73 Å². The molecule has 0 amide bonds. The molecule has 1 aliphatic carbocycles. The summed E-state index contributed by atoms with van der Waals surface area (Å²) in [6.07, 6.45) is 0.471. The Morgan fingerprint density at radius 3 is 2.50 bits per heavy atom. The molecular weight excluding hydrogens is 186 g/mol. The molecule has 1 saturated carbocycles. The first kappa shape index (κ1) is 11.0. The van der Waals surface area contributed by atoms with Gasteiger partial charge in [0, 0.05) is 19.8 Å². The minimum atomic E-state index is -0.948. The average molecular weight is 201 g/mol. The summed E-state index contributed by atoms with van der Waals surface area (Å²) in [5.74, 6) is -0.760. The number of esters is 2. The lowest BCUT2D eigenvalue weighted by atomic mass is 9.75. The molecule has 0 spiro atoms. The van der Waals surface area contributed by atoms with Crippen molar-refractivity contribution >= 4 is 11.9 Å². The third kappa shape index (κ3) is 2.23. The maximum absolute atomic E-state index is 11.3. The van der Waals surface area contributed by atoms with Gasteiger partial charge in [-0.2, -0.15) is 0 Å². The molecular formula is C9H15NO4. The number of nitrogens with two attached hydrogens (primary N) is 1. The van der Waals surface area contributed by atoms with E-state index in [1.165, 1.54) is 6.92 Å². The minimum Gasteiger partial charge on any atom is -0.465 e. The van der Waals surface area contributed by atoms with E-state index in [0.717, 1.165) is 0 Å². The molecule has 1 fully saturated rings. The molecule has 0 bridgehead atoms. The van der Waals surface area contributed by atoms with E-state index in [-0.39, 0.29) is 12.1 Å². The van der Waals surface area contributed by atoms with E-state index in [1.807, 2.05) is 0 Å². The van der Waals surface area contributed by atoms with Crippen LogP contribution in [0.1, 0.15) is 26.7 Å². The molecule has 0 aromatic rings. The van der Waals surface area contributed by atoms with Gasteiger partial charge in [0.2, 0.25) is 0 Å². The molecule has 0 aliphatic heterocycles. The van der Waals surface area contributed by atoms with Crippen molar-refractivity contribution in [3.8, 4) is 0 Å². The van der Waals surface area contributed by atoms with Gasteiger partial charge in [-0.15, -0.1) is 0 Å². The number of ether oxygens (including phenoxy) is 2. The lowest BCUT2D eigenvalue weighted by Crippen LogP contribution is -2.61. The standard InChI is InChI=1S/C9H15NO4/c1-3-13-8(12)9(10)4-7(5-9)14-6(2)11/h7H,3-5,10H2,1-2H3. The Hall–Kier alpha value is -1.10. The van der Waals surface area contributed by atoms with Crippen LogP contribution in [0, 0.1) is 0 Å². The summed E-state index contributed by atoms with van der Waals surface area (Å²) in [5, 5.41) is 0. The third-order valence-corrected chi connectivity index (χ3v) is 2.20. The fourth-order valence-corrected chi connectivity index (χ4v) is 1.51. The summed E-state index contributed by atoms with van der Waals surface area (Å²) in [6, 6.07) is 0.